The Bertz CT molecular complexity index is 1170. The maximum Gasteiger partial charge on any atom is 0.271 e. The lowest BCUT2D eigenvalue weighted by Crippen LogP contribution is -2.48. The molecule has 0 aliphatic carbocycles. The number of fused-ring (bicyclic) bond motifs is 1. The number of nitrogens with zero attached hydrogens (tertiary/aromatic N) is 3. The van der Waals surface area contributed by atoms with Crippen LogP contribution < -0.4 is 10.3 Å². The van der Waals surface area contributed by atoms with Gasteiger partial charge in [-0.05, 0) is 107 Å². The van der Waals surface area contributed by atoms with E-state index in [1.807, 2.05) is 24.3 Å². The van der Waals surface area contributed by atoms with Crippen molar-refractivity contribution in [2.45, 2.75) is 59.4 Å². The van der Waals surface area contributed by atoms with Gasteiger partial charge in [-0.2, -0.15) is 5.10 Å². The maximum atomic E-state index is 12.6. The minimum atomic E-state index is -0.219. The molecule has 0 spiro atoms. The molecular formula is C28H34N4O. The summed E-state index contributed by atoms with van der Waals surface area (Å²) in [7, 11) is 0. The normalized spacial score (nSPS) is 17.3. The number of aryl methyl sites for hydroxylation is 2. The van der Waals surface area contributed by atoms with Crippen LogP contribution in [0.1, 0.15) is 72.9 Å². The highest BCUT2D eigenvalue weighted by atomic mass is 16.2. The topological polar surface area (TPSA) is 49.6 Å². The monoisotopic (exact) mass is 442 g/mol. The van der Waals surface area contributed by atoms with E-state index in [9.17, 15) is 4.79 Å². The number of benzene rings is 2. The summed E-state index contributed by atoms with van der Waals surface area (Å²) < 4.78 is 2.16. The molecule has 1 aliphatic rings. The number of hydrogen-bond acceptors (Lipinski definition) is 3. The first-order valence-electron chi connectivity index (χ1n) is 11.7. The molecule has 2 aromatic carbocycles. The van der Waals surface area contributed by atoms with E-state index >= 15 is 0 Å². The zero-order valence-electron chi connectivity index (χ0n) is 20.5. The van der Waals surface area contributed by atoms with Crippen LogP contribution in [0.2, 0.25) is 0 Å². The molecule has 172 valence electrons. The van der Waals surface area contributed by atoms with Gasteiger partial charge in [-0.15, -0.1) is 0 Å². The van der Waals surface area contributed by atoms with E-state index in [1.54, 1.807) is 6.21 Å². The molecule has 0 radical (unpaired) electrons. The molecule has 1 aliphatic heterocycles. The molecule has 0 saturated carbocycles. The van der Waals surface area contributed by atoms with E-state index in [2.05, 4.69) is 91.9 Å². The molecule has 1 unspecified atom stereocenters. The van der Waals surface area contributed by atoms with Gasteiger partial charge in [-0.3, -0.25) is 4.79 Å². The minimum Gasteiger partial charge on any atom is -0.366 e. The third-order valence-corrected chi connectivity index (χ3v) is 6.76. The smallest absolute Gasteiger partial charge is 0.271 e. The van der Waals surface area contributed by atoms with Crippen LogP contribution in [0.5, 0.6) is 0 Å². The van der Waals surface area contributed by atoms with Crippen molar-refractivity contribution < 1.29 is 4.79 Å². The van der Waals surface area contributed by atoms with Crippen LogP contribution in [0.15, 0.2) is 59.7 Å². The fourth-order valence-corrected chi connectivity index (χ4v) is 5.26. The van der Waals surface area contributed by atoms with Gasteiger partial charge in [0, 0.05) is 40.4 Å². The number of amides is 1. The zero-order chi connectivity index (χ0) is 23.8. The largest absolute Gasteiger partial charge is 0.366 e. The van der Waals surface area contributed by atoms with Crippen LogP contribution in [-0.2, 0) is 0 Å². The standard InChI is InChI=1S/C28H34N4O/c1-7-31-26-15-10-22(16-25(26)19(2)17-28(31,5)6)18-29-30-27(33)23-11-13-24(14-12-23)32-20(3)8-9-21(32)4/h8-16,18-19H,7,17H2,1-6H3,(H,30,33)/b29-18-. The van der Waals surface area contributed by atoms with Crippen LogP contribution >= 0.6 is 0 Å². The van der Waals surface area contributed by atoms with E-state index in [0.717, 1.165) is 24.2 Å². The number of hydrazone groups is 1. The molecule has 0 saturated heterocycles. The number of aromatic nitrogens is 1. The Balaban J connectivity index is 1.45. The first kappa shape index (κ1) is 22.8. The summed E-state index contributed by atoms with van der Waals surface area (Å²) in [5, 5.41) is 4.22. The third-order valence-electron chi connectivity index (χ3n) is 6.76. The summed E-state index contributed by atoms with van der Waals surface area (Å²) in [6.45, 7) is 14.3. The predicted molar refractivity (Wildman–Crippen MR) is 137 cm³/mol. The number of nitrogens with one attached hydrogen (secondary N) is 1. The highest BCUT2D eigenvalue weighted by molar-refractivity contribution is 5.95. The Morgan fingerprint density at radius 2 is 1.76 bits per heavy atom. The quantitative estimate of drug-likeness (QED) is 0.391. The van der Waals surface area contributed by atoms with E-state index < -0.39 is 0 Å². The highest BCUT2D eigenvalue weighted by Gasteiger charge is 2.35. The average molecular weight is 443 g/mol. The van der Waals surface area contributed by atoms with Crippen LogP contribution in [0.25, 0.3) is 5.69 Å². The SMILES string of the molecule is CCN1c2ccc(/C=N\NC(=O)c3ccc(-n4c(C)ccc4C)cc3)cc2C(C)CC1(C)C. The number of hydrogen-bond donors (Lipinski definition) is 1. The summed E-state index contributed by atoms with van der Waals surface area (Å²) in [6, 6.07) is 18.2. The summed E-state index contributed by atoms with van der Waals surface area (Å²) in [4.78, 5) is 15.0. The fraction of sp³-hybridized carbons (Fsp3) is 0.357. The van der Waals surface area contributed by atoms with Crippen LogP contribution in [-0.4, -0.2) is 28.8 Å². The second-order valence-corrected chi connectivity index (χ2v) is 9.68. The van der Waals surface area contributed by atoms with Crippen LogP contribution in [0.3, 0.4) is 0 Å². The number of rotatable bonds is 5. The van der Waals surface area contributed by atoms with Crippen molar-refractivity contribution in [1.29, 1.82) is 0 Å². The molecule has 0 fully saturated rings. The maximum absolute atomic E-state index is 12.6. The Morgan fingerprint density at radius 3 is 2.39 bits per heavy atom. The van der Waals surface area contributed by atoms with Crippen LogP contribution in [0.4, 0.5) is 5.69 Å². The molecule has 1 atom stereocenters. The van der Waals surface area contributed by atoms with Gasteiger partial charge < -0.3 is 9.47 Å². The summed E-state index contributed by atoms with van der Waals surface area (Å²) in [5.41, 5.74) is 10.4. The zero-order valence-corrected chi connectivity index (χ0v) is 20.5. The first-order valence-corrected chi connectivity index (χ1v) is 11.7. The minimum absolute atomic E-state index is 0.152. The molecule has 1 amide bonds. The number of carbonyl (C=O) groups is 1. The van der Waals surface area contributed by atoms with Crippen molar-refractivity contribution in [3.05, 3.63) is 82.7 Å². The van der Waals surface area contributed by atoms with Crippen molar-refractivity contribution in [3.8, 4) is 5.69 Å². The van der Waals surface area contributed by atoms with Gasteiger partial charge >= 0.3 is 0 Å². The predicted octanol–water partition coefficient (Wildman–Crippen LogP) is 5.97. The van der Waals surface area contributed by atoms with Gasteiger partial charge in [0.05, 0.1) is 6.21 Å². The summed E-state index contributed by atoms with van der Waals surface area (Å²) in [6.07, 6.45) is 2.84. The Labute approximate surface area is 197 Å². The molecule has 33 heavy (non-hydrogen) atoms. The lowest BCUT2D eigenvalue weighted by atomic mass is 9.79. The average Bonchev–Trinajstić information content (AvgIpc) is 3.11. The molecule has 5 heteroatoms. The van der Waals surface area contributed by atoms with E-state index in [4.69, 9.17) is 0 Å². The third kappa shape index (κ3) is 4.45. The molecule has 4 rings (SSSR count). The van der Waals surface area contributed by atoms with E-state index in [0.29, 0.717) is 11.5 Å². The first-order chi connectivity index (χ1) is 15.7. The summed E-state index contributed by atoms with van der Waals surface area (Å²) >= 11 is 0. The van der Waals surface area contributed by atoms with Crippen molar-refractivity contribution in [3.63, 3.8) is 0 Å². The van der Waals surface area contributed by atoms with Gasteiger partial charge in [0.15, 0.2) is 0 Å². The van der Waals surface area contributed by atoms with Gasteiger partial charge in [0.1, 0.15) is 0 Å². The molecule has 1 N–H and O–H groups in total. The van der Waals surface area contributed by atoms with Gasteiger partial charge in [0.2, 0.25) is 0 Å². The van der Waals surface area contributed by atoms with E-state index in [-0.39, 0.29) is 11.4 Å². The van der Waals surface area contributed by atoms with Crippen molar-refractivity contribution in [2.75, 3.05) is 11.4 Å². The second-order valence-electron chi connectivity index (χ2n) is 9.68. The Morgan fingerprint density at radius 1 is 1.09 bits per heavy atom. The van der Waals surface area contributed by atoms with Crippen LogP contribution in [0, 0.1) is 13.8 Å². The van der Waals surface area contributed by atoms with Crippen molar-refractivity contribution in [1.82, 2.24) is 9.99 Å². The lowest BCUT2D eigenvalue weighted by molar-refractivity contribution is 0.0955. The second kappa shape index (κ2) is 8.89. The molecule has 0 bridgehead atoms. The molecule has 1 aromatic heterocycles. The molecular weight excluding hydrogens is 408 g/mol. The molecule has 5 nitrogen and oxygen atoms in total. The summed E-state index contributed by atoms with van der Waals surface area (Å²) in [5.74, 6) is 0.260. The van der Waals surface area contributed by atoms with Gasteiger partial charge in [0.25, 0.3) is 5.91 Å². The van der Waals surface area contributed by atoms with Crippen molar-refractivity contribution in [2.24, 2.45) is 5.10 Å². The van der Waals surface area contributed by atoms with Crippen molar-refractivity contribution >= 4 is 17.8 Å². The van der Waals surface area contributed by atoms with Gasteiger partial charge in [-0.1, -0.05) is 13.0 Å². The molecule has 3 aromatic rings. The lowest BCUT2D eigenvalue weighted by Gasteiger charge is -2.47. The number of anilines is 1. The highest BCUT2D eigenvalue weighted by Crippen LogP contribution is 2.43. The van der Waals surface area contributed by atoms with E-state index in [1.165, 1.54) is 22.6 Å². The fourth-order valence-electron chi connectivity index (χ4n) is 5.26. The molecule has 2 heterocycles. The Kier molecular flexibility index (Phi) is 6.15. The number of carbonyl (C=O) groups excluding carboxylic acids is 1. The van der Waals surface area contributed by atoms with Gasteiger partial charge in [-0.25, -0.2) is 5.43 Å². The Hall–Kier alpha value is -3.34.